The summed E-state index contributed by atoms with van der Waals surface area (Å²) in [7, 11) is 0. The van der Waals surface area contributed by atoms with Gasteiger partial charge in [-0.25, -0.2) is 4.68 Å². The quantitative estimate of drug-likeness (QED) is 0.639. The molecule has 1 amide bonds. The Balaban J connectivity index is 1.70. The Morgan fingerprint density at radius 1 is 1.33 bits per heavy atom. The molecule has 8 heteroatoms. The predicted octanol–water partition coefficient (Wildman–Crippen LogP) is 1.64. The van der Waals surface area contributed by atoms with Crippen LogP contribution in [0.25, 0.3) is 5.69 Å². The standard InChI is InChI=1S/C16H19N5O3/c17-10-11-2-1-3-14(11)18-16(22)15-8-9-20(19-15)12-4-6-13(7-5-12)21(23)24/h4-9,11,14H,1-3,10,17H2,(H,18,22). The summed E-state index contributed by atoms with van der Waals surface area (Å²) in [5.74, 6) is 0.103. The van der Waals surface area contributed by atoms with E-state index in [1.54, 1.807) is 24.4 Å². The Kier molecular flexibility index (Phi) is 4.57. The van der Waals surface area contributed by atoms with Crippen LogP contribution in [-0.4, -0.2) is 33.2 Å². The largest absolute Gasteiger partial charge is 0.348 e. The molecule has 0 spiro atoms. The highest BCUT2D eigenvalue weighted by molar-refractivity contribution is 5.92. The highest BCUT2D eigenvalue weighted by Gasteiger charge is 2.28. The summed E-state index contributed by atoms with van der Waals surface area (Å²) in [5.41, 5.74) is 6.71. The van der Waals surface area contributed by atoms with Gasteiger partial charge in [-0.2, -0.15) is 5.10 Å². The molecule has 0 bridgehead atoms. The van der Waals surface area contributed by atoms with Crippen molar-refractivity contribution in [1.29, 1.82) is 0 Å². The molecule has 1 aliphatic rings. The summed E-state index contributed by atoms with van der Waals surface area (Å²) < 4.78 is 1.52. The maximum atomic E-state index is 12.3. The van der Waals surface area contributed by atoms with Crippen LogP contribution in [0, 0.1) is 16.0 Å². The van der Waals surface area contributed by atoms with Crippen molar-refractivity contribution in [2.24, 2.45) is 11.7 Å². The van der Waals surface area contributed by atoms with Crippen LogP contribution in [0.4, 0.5) is 5.69 Å². The van der Waals surface area contributed by atoms with Crippen LogP contribution in [0.15, 0.2) is 36.5 Å². The van der Waals surface area contributed by atoms with E-state index < -0.39 is 4.92 Å². The summed E-state index contributed by atoms with van der Waals surface area (Å²) in [5, 5.41) is 17.9. The monoisotopic (exact) mass is 329 g/mol. The van der Waals surface area contributed by atoms with Crippen molar-refractivity contribution >= 4 is 11.6 Å². The first-order valence-corrected chi connectivity index (χ1v) is 7.90. The first-order chi connectivity index (χ1) is 11.6. The minimum atomic E-state index is -0.457. The summed E-state index contributed by atoms with van der Waals surface area (Å²) in [6, 6.07) is 7.72. The SMILES string of the molecule is NCC1CCCC1NC(=O)c1ccn(-c2ccc([N+](=O)[O-])cc2)n1. The Labute approximate surface area is 138 Å². The van der Waals surface area contributed by atoms with E-state index >= 15 is 0 Å². The van der Waals surface area contributed by atoms with Gasteiger partial charge in [0.15, 0.2) is 5.69 Å². The molecule has 0 saturated heterocycles. The van der Waals surface area contributed by atoms with Gasteiger partial charge in [0.25, 0.3) is 11.6 Å². The minimum absolute atomic E-state index is 0.0120. The molecule has 0 aliphatic heterocycles. The number of nitrogens with two attached hydrogens (primary N) is 1. The lowest BCUT2D eigenvalue weighted by Crippen LogP contribution is -2.40. The lowest BCUT2D eigenvalue weighted by atomic mass is 10.0. The number of nitro groups is 1. The molecule has 1 saturated carbocycles. The number of aromatic nitrogens is 2. The molecule has 1 heterocycles. The molecule has 126 valence electrons. The van der Waals surface area contributed by atoms with Gasteiger partial charge in [-0.1, -0.05) is 6.42 Å². The molecule has 8 nitrogen and oxygen atoms in total. The Morgan fingerprint density at radius 3 is 2.75 bits per heavy atom. The van der Waals surface area contributed by atoms with Crippen molar-refractivity contribution in [3.8, 4) is 5.69 Å². The van der Waals surface area contributed by atoms with Crippen molar-refractivity contribution in [1.82, 2.24) is 15.1 Å². The zero-order valence-corrected chi connectivity index (χ0v) is 13.1. The molecule has 3 rings (SSSR count). The molecular weight excluding hydrogens is 310 g/mol. The van der Waals surface area contributed by atoms with E-state index in [2.05, 4.69) is 10.4 Å². The number of carbonyl (C=O) groups excluding carboxylic acids is 1. The van der Waals surface area contributed by atoms with E-state index in [1.165, 1.54) is 16.8 Å². The second kappa shape index (κ2) is 6.79. The third-order valence-corrected chi connectivity index (χ3v) is 4.43. The molecule has 2 aromatic rings. The van der Waals surface area contributed by atoms with E-state index in [-0.39, 0.29) is 17.6 Å². The fourth-order valence-corrected chi connectivity index (χ4v) is 3.07. The molecule has 2 atom stereocenters. The maximum absolute atomic E-state index is 12.3. The third-order valence-electron chi connectivity index (χ3n) is 4.43. The number of nitrogens with zero attached hydrogens (tertiary/aromatic N) is 3. The van der Waals surface area contributed by atoms with Crippen molar-refractivity contribution in [2.45, 2.75) is 25.3 Å². The van der Waals surface area contributed by atoms with E-state index in [0.717, 1.165) is 19.3 Å². The Bertz CT molecular complexity index is 740. The highest BCUT2D eigenvalue weighted by atomic mass is 16.6. The number of carbonyl (C=O) groups is 1. The molecule has 1 aliphatic carbocycles. The van der Waals surface area contributed by atoms with Gasteiger partial charge in [0.05, 0.1) is 10.6 Å². The van der Waals surface area contributed by atoms with Gasteiger partial charge in [0, 0.05) is 24.4 Å². The van der Waals surface area contributed by atoms with Crippen LogP contribution in [0.1, 0.15) is 29.8 Å². The van der Waals surface area contributed by atoms with Crippen molar-refractivity contribution in [3.05, 3.63) is 52.3 Å². The van der Waals surface area contributed by atoms with Crippen molar-refractivity contribution in [3.63, 3.8) is 0 Å². The second-order valence-electron chi connectivity index (χ2n) is 5.93. The molecule has 24 heavy (non-hydrogen) atoms. The normalized spacial score (nSPS) is 20.0. The van der Waals surface area contributed by atoms with Crippen LogP contribution in [0.5, 0.6) is 0 Å². The number of amides is 1. The summed E-state index contributed by atoms with van der Waals surface area (Å²) >= 11 is 0. The average Bonchev–Trinajstić information content (AvgIpc) is 3.24. The van der Waals surface area contributed by atoms with Gasteiger partial charge in [0.1, 0.15) is 0 Å². The van der Waals surface area contributed by atoms with E-state index in [1.807, 2.05) is 0 Å². The van der Waals surface area contributed by atoms with E-state index in [9.17, 15) is 14.9 Å². The number of hydrogen-bond acceptors (Lipinski definition) is 5. The number of nitro benzene ring substituents is 1. The summed E-state index contributed by atoms with van der Waals surface area (Å²) in [6.07, 6.45) is 4.71. The molecule has 1 aromatic carbocycles. The molecule has 1 aromatic heterocycles. The fourth-order valence-electron chi connectivity index (χ4n) is 3.07. The molecule has 2 unspecified atom stereocenters. The van der Waals surface area contributed by atoms with Crippen LogP contribution >= 0.6 is 0 Å². The number of benzene rings is 1. The molecule has 0 radical (unpaired) electrons. The zero-order valence-electron chi connectivity index (χ0n) is 13.1. The van der Waals surface area contributed by atoms with Gasteiger partial charge in [-0.05, 0) is 43.5 Å². The number of rotatable bonds is 5. The van der Waals surface area contributed by atoms with Gasteiger partial charge >= 0.3 is 0 Å². The average molecular weight is 329 g/mol. The zero-order chi connectivity index (χ0) is 17.1. The summed E-state index contributed by atoms with van der Waals surface area (Å²) in [4.78, 5) is 22.6. The first kappa shape index (κ1) is 16.1. The number of non-ortho nitro benzene ring substituents is 1. The topological polar surface area (TPSA) is 116 Å². The van der Waals surface area contributed by atoms with Crippen LogP contribution in [0.3, 0.4) is 0 Å². The highest BCUT2D eigenvalue weighted by Crippen LogP contribution is 2.24. The van der Waals surface area contributed by atoms with Crippen LogP contribution in [-0.2, 0) is 0 Å². The van der Waals surface area contributed by atoms with Crippen LogP contribution < -0.4 is 11.1 Å². The Hall–Kier alpha value is -2.74. The van der Waals surface area contributed by atoms with Crippen LogP contribution in [0.2, 0.25) is 0 Å². The molecule has 3 N–H and O–H groups in total. The fraction of sp³-hybridized carbons (Fsp3) is 0.375. The lowest BCUT2D eigenvalue weighted by molar-refractivity contribution is -0.384. The van der Waals surface area contributed by atoms with Gasteiger partial charge in [-0.3, -0.25) is 14.9 Å². The number of hydrogen-bond donors (Lipinski definition) is 2. The van der Waals surface area contributed by atoms with Crippen molar-refractivity contribution in [2.75, 3.05) is 6.54 Å². The predicted molar refractivity (Wildman–Crippen MR) is 87.9 cm³/mol. The first-order valence-electron chi connectivity index (χ1n) is 7.90. The van der Waals surface area contributed by atoms with Crippen molar-refractivity contribution < 1.29 is 9.72 Å². The van der Waals surface area contributed by atoms with Gasteiger partial charge in [0.2, 0.25) is 0 Å². The summed E-state index contributed by atoms with van der Waals surface area (Å²) in [6.45, 7) is 0.572. The third kappa shape index (κ3) is 3.28. The maximum Gasteiger partial charge on any atom is 0.272 e. The Morgan fingerprint density at radius 2 is 2.08 bits per heavy atom. The molecule has 1 fully saturated rings. The van der Waals surface area contributed by atoms with Gasteiger partial charge in [-0.15, -0.1) is 0 Å². The second-order valence-corrected chi connectivity index (χ2v) is 5.93. The lowest BCUT2D eigenvalue weighted by Gasteiger charge is -2.18. The van der Waals surface area contributed by atoms with E-state index in [0.29, 0.717) is 23.8 Å². The minimum Gasteiger partial charge on any atom is -0.348 e. The van der Waals surface area contributed by atoms with Gasteiger partial charge < -0.3 is 11.1 Å². The number of nitrogens with one attached hydrogen (secondary N) is 1. The smallest absolute Gasteiger partial charge is 0.272 e. The van der Waals surface area contributed by atoms with E-state index in [4.69, 9.17) is 5.73 Å². The molecular formula is C16H19N5O3.